The first-order chi connectivity index (χ1) is 6.19. The fraction of sp³-hybridized carbons (Fsp3) is 0.400. The van der Waals surface area contributed by atoms with E-state index in [9.17, 15) is 4.39 Å². The van der Waals surface area contributed by atoms with Crippen LogP contribution in [-0.4, -0.2) is 14.0 Å². The first kappa shape index (κ1) is 9.84. The van der Waals surface area contributed by atoms with Gasteiger partial charge in [-0.05, 0) is 37.1 Å². The van der Waals surface area contributed by atoms with Gasteiger partial charge in [-0.2, -0.15) is 0 Å². The molecule has 1 aromatic carbocycles. The molecule has 0 radical (unpaired) electrons. The molecule has 1 rings (SSSR count). The molecule has 0 aliphatic rings. The Morgan fingerprint density at radius 3 is 2.15 bits per heavy atom. The maximum atomic E-state index is 12.0. The smallest absolute Gasteiger partial charge is 0.228 e. The van der Waals surface area contributed by atoms with Gasteiger partial charge in [0.2, 0.25) is 6.86 Å². The van der Waals surface area contributed by atoms with Crippen molar-refractivity contribution in [2.75, 3.05) is 14.0 Å². The van der Waals surface area contributed by atoms with Gasteiger partial charge in [0.15, 0.2) is 0 Å². The van der Waals surface area contributed by atoms with Crippen molar-refractivity contribution < 1.29 is 13.9 Å². The normalized spacial score (nSPS) is 9.85. The molecule has 3 heteroatoms. The van der Waals surface area contributed by atoms with Crippen LogP contribution in [-0.2, 0) is 0 Å². The molecule has 0 N–H and O–H groups in total. The fourth-order valence-electron chi connectivity index (χ4n) is 1.31. The maximum absolute atomic E-state index is 12.0. The molecule has 1 aromatic rings. The van der Waals surface area contributed by atoms with E-state index in [0.717, 1.165) is 16.9 Å². The summed E-state index contributed by atoms with van der Waals surface area (Å²) in [6.07, 6.45) is 0. The second kappa shape index (κ2) is 4.12. The molecule has 0 spiro atoms. The summed E-state index contributed by atoms with van der Waals surface area (Å²) < 4.78 is 21.9. The second-order valence-corrected chi connectivity index (χ2v) is 2.84. The quantitative estimate of drug-likeness (QED) is 0.718. The lowest BCUT2D eigenvalue weighted by Gasteiger charge is -2.10. The number of ether oxygens (including phenoxy) is 2. The van der Waals surface area contributed by atoms with E-state index in [1.165, 1.54) is 0 Å². The molecule has 0 atom stereocenters. The van der Waals surface area contributed by atoms with Gasteiger partial charge < -0.3 is 9.47 Å². The molecule has 0 fully saturated rings. The molecule has 0 aliphatic carbocycles. The minimum Gasteiger partial charge on any atom is -0.497 e. The minimum atomic E-state index is -0.798. The van der Waals surface area contributed by atoms with Crippen LogP contribution in [0.25, 0.3) is 0 Å². The maximum Gasteiger partial charge on any atom is 0.228 e. The van der Waals surface area contributed by atoms with Gasteiger partial charge in [0, 0.05) is 0 Å². The first-order valence-electron chi connectivity index (χ1n) is 4.03. The summed E-state index contributed by atoms with van der Waals surface area (Å²) in [6.45, 7) is 2.93. The average Bonchev–Trinajstić information content (AvgIpc) is 2.11. The van der Waals surface area contributed by atoms with E-state index in [2.05, 4.69) is 0 Å². The van der Waals surface area contributed by atoms with Crippen molar-refractivity contribution in [3.8, 4) is 11.5 Å². The average molecular weight is 184 g/mol. The summed E-state index contributed by atoms with van der Waals surface area (Å²) in [6, 6.07) is 3.63. The van der Waals surface area contributed by atoms with Gasteiger partial charge in [0.1, 0.15) is 11.5 Å². The van der Waals surface area contributed by atoms with E-state index in [1.54, 1.807) is 7.11 Å². The minimum absolute atomic E-state index is 0.600. The topological polar surface area (TPSA) is 18.5 Å². The third-order valence-corrected chi connectivity index (χ3v) is 1.87. The first-order valence-corrected chi connectivity index (χ1v) is 4.03. The zero-order valence-electron chi connectivity index (χ0n) is 8.06. The van der Waals surface area contributed by atoms with E-state index in [4.69, 9.17) is 9.47 Å². The largest absolute Gasteiger partial charge is 0.497 e. The highest BCUT2D eigenvalue weighted by Gasteiger charge is 2.05. The van der Waals surface area contributed by atoms with Crippen LogP contribution in [0, 0.1) is 13.8 Å². The Morgan fingerprint density at radius 1 is 1.23 bits per heavy atom. The predicted molar refractivity (Wildman–Crippen MR) is 49.1 cm³/mol. The fourth-order valence-corrected chi connectivity index (χ4v) is 1.31. The van der Waals surface area contributed by atoms with Crippen molar-refractivity contribution in [3.63, 3.8) is 0 Å². The highest BCUT2D eigenvalue weighted by molar-refractivity contribution is 5.45. The number of methoxy groups -OCH3 is 1. The van der Waals surface area contributed by atoms with Crippen LogP contribution in [0.2, 0.25) is 0 Å². The van der Waals surface area contributed by atoms with Gasteiger partial charge >= 0.3 is 0 Å². The Morgan fingerprint density at radius 2 is 1.77 bits per heavy atom. The van der Waals surface area contributed by atoms with E-state index < -0.39 is 6.86 Å². The van der Waals surface area contributed by atoms with E-state index in [1.807, 2.05) is 26.0 Å². The molecule has 0 bridgehead atoms. The molecular weight excluding hydrogens is 171 g/mol. The van der Waals surface area contributed by atoms with Crippen molar-refractivity contribution in [1.82, 2.24) is 0 Å². The van der Waals surface area contributed by atoms with Crippen LogP contribution >= 0.6 is 0 Å². The van der Waals surface area contributed by atoms with Crippen LogP contribution in [0.1, 0.15) is 11.1 Å². The highest BCUT2D eigenvalue weighted by atomic mass is 19.1. The lowest BCUT2D eigenvalue weighted by Crippen LogP contribution is -1.96. The van der Waals surface area contributed by atoms with Crippen molar-refractivity contribution in [3.05, 3.63) is 23.3 Å². The van der Waals surface area contributed by atoms with Crippen LogP contribution in [0.15, 0.2) is 12.1 Å². The summed E-state index contributed by atoms with van der Waals surface area (Å²) in [5, 5.41) is 0. The van der Waals surface area contributed by atoms with Crippen molar-refractivity contribution in [2.45, 2.75) is 13.8 Å². The van der Waals surface area contributed by atoms with Gasteiger partial charge in [-0.3, -0.25) is 0 Å². The number of hydrogen-bond donors (Lipinski definition) is 0. The van der Waals surface area contributed by atoms with Crippen molar-refractivity contribution in [1.29, 1.82) is 0 Å². The van der Waals surface area contributed by atoms with E-state index >= 15 is 0 Å². The predicted octanol–water partition coefficient (Wildman–Crippen LogP) is 2.62. The standard InChI is InChI=1S/C10H13FO2/c1-7-4-9(12-3)5-8(2)10(7)13-6-11/h4-5H,6H2,1-3H3. The Bertz CT molecular complexity index is 274. The van der Waals surface area contributed by atoms with Crippen LogP contribution in [0.5, 0.6) is 11.5 Å². The van der Waals surface area contributed by atoms with Crippen molar-refractivity contribution >= 4 is 0 Å². The third kappa shape index (κ3) is 2.11. The van der Waals surface area contributed by atoms with Crippen molar-refractivity contribution in [2.24, 2.45) is 0 Å². The molecule has 0 aromatic heterocycles. The molecule has 2 nitrogen and oxygen atoms in total. The Balaban J connectivity index is 3.07. The number of hydrogen-bond acceptors (Lipinski definition) is 2. The SMILES string of the molecule is COc1cc(C)c(OCF)c(C)c1. The van der Waals surface area contributed by atoms with Gasteiger partial charge in [0.05, 0.1) is 7.11 Å². The van der Waals surface area contributed by atoms with E-state index in [0.29, 0.717) is 5.75 Å². The zero-order chi connectivity index (χ0) is 9.84. The molecule has 13 heavy (non-hydrogen) atoms. The summed E-state index contributed by atoms with van der Waals surface area (Å²) in [4.78, 5) is 0. The molecule has 0 heterocycles. The molecule has 0 aliphatic heterocycles. The van der Waals surface area contributed by atoms with Gasteiger partial charge in [0.25, 0.3) is 0 Å². The monoisotopic (exact) mass is 184 g/mol. The molecular formula is C10H13FO2. The summed E-state index contributed by atoms with van der Waals surface area (Å²) in [5.74, 6) is 1.37. The van der Waals surface area contributed by atoms with Crippen LogP contribution in [0.4, 0.5) is 4.39 Å². The number of alkyl halides is 1. The molecule has 0 saturated heterocycles. The van der Waals surface area contributed by atoms with Gasteiger partial charge in [-0.1, -0.05) is 0 Å². The summed E-state index contributed by atoms with van der Waals surface area (Å²) >= 11 is 0. The Hall–Kier alpha value is -1.25. The molecule has 0 amide bonds. The number of halogens is 1. The lowest BCUT2D eigenvalue weighted by molar-refractivity contribution is 0.189. The molecule has 0 unspecified atom stereocenters. The lowest BCUT2D eigenvalue weighted by atomic mass is 10.1. The number of aryl methyl sites for hydroxylation is 2. The Labute approximate surface area is 77.3 Å². The number of benzene rings is 1. The van der Waals surface area contributed by atoms with Crippen LogP contribution in [0.3, 0.4) is 0 Å². The summed E-state index contributed by atoms with van der Waals surface area (Å²) in [5.41, 5.74) is 1.77. The Kier molecular flexibility index (Phi) is 3.12. The summed E-state index contributed by atoms with van der Waals surface area (Å²) in [7, 11) is 1.60. The van der Waals surface area contributed by atoms with Gasteiger partial charge in [-0.15, -0.1) is 0 Å². The van der Waals surface area contributed by atoms with Gasteiger partial charge in [-0.25, -0.2) is 4.39 Å². The molecule has 72 valence electrons. The molecule has 0 saturated carbocycles. The third-order valence-electron chi connectivity index (χ3n) is 1.87. The van der Waals surface area contributed by atoms with E-state index in [-0.39, 0.29) is 0 Å². The second-order valence-electron chi connectivity index (χ2n) is 2.84. The zero-order valence-corrected chi connectivity index (χ0v) is 8.06. The number of rotatable bonds is 3. The van der Waals surface area contributed by atoms with Crippen LogP contribution < -0.4 is 9.47 Å². The highest BCUT2D eigenvalue weighted by Crippen LogP contribution is 2.28.